The van der Waals surface area contributed by atoms with Gasteiger partial charge in [-0.1, -0.05) is 0 Å². The van der Waals surface area contributed by atoms with Crippen LogP contribution in [0.3, 0.4) is 0 Å². The van der Waals surface area contributed by atoms with Crippen molar-refractivity contribution in [2.45, 2.75) is 12.8 Å². The molecule has 0 aliphatic rings. The van der Waals surface area contributed by atoms with Gasteiger partial charge in [0, 0.05) is 12.8 Å². The minimum Gasteiger partial charge on any atom is -0.396 e. The van der Waals surface area contributed by atoms with Crippen molar-refractivity contribution in [1.29, 1.82) is 0 Å². The third-order valence-electron chi connectivity index (χ3n) is 1.90. The van der Waals surface area contributed by atoms with E-state index in [0.717, 1.165) is 0 Å². The molecule has 0 bridgehead atoms. The highest BCUT2D eigenvalue weighted by Gasteiger charge is 2.11. The van der Waals surface area contributed by atoms with Crippen molar-refractivity contribution in [3.8, 4) is 0 Å². The molecule has 76 valence electrons. The first-order chi connectivity index (χ1) is 6.66. The van der Waals surface area contributed by atoms with Crippen LogP contribution in [0.25, 0.3) is 0 Å². The lowest BCUT2D eigenvalue weighted by Crippen LogP contribution is -2.25. The molecular formula is C9H12N2O3. The van der Waals surface area contributed by atoms with Gasteiger partial charge in [-0.05, 0) is 24.5 Å². The Morgan fingerprint density at radius 3 is 2.86 bits per heavy atom. The van der Waals surface area contributed by atoms with Crippen molar-refractivity contribution in [2.24, 2.45) is 5.73 Å². The zero-order valence-corrected chi connectivity index (χ0v) is 7.62. The van der Waals surface area contributed by atoms with E-state index in [0.29, 0.717) is 18.4 Å². The summed E-state index contributed by atoms with van der Waals surface area (Å²) in [6.45, 7) is 0.0189. The fourth-order valence-corrected chi connectivity index (χ4v) is 1.27. The van der Waals surface area contributed by atoms with E-state index in [4.69, 9.17) is 10.8 Å². The van der Waals surface area contributed by atoms with E-state index in [1.165, 1.54) is 6.20 Å². The normalized spacial score (nSPS) is 10.1. The standard InChI is InChI=1S/C9H12N2O3/c10-8(13)7-6(2-1-5-12)3-4-11-9(7)14/h3-4,12H,1-2,5H2,(H2,10,13)(H,11,14). The summed E-state index contributed by atoms with van der Waals surface area (Å²) in [5.74, 6) is -0.736. The maximum atomic E-state index is 11.2. The topological polar surface area (TPSA) is 96.2 Å². The van der Waals surface area contributed by atoms with Gasteiger partial charge < -0.3 is 15.8 Å². The number of primary amides is 1. The van der Waals surface area contributed by atoms with Gasteiger partial charge in [0.15, 0.2) is 0 Å². The average Bonchev–Trinajstić information content (AvgIpc) is 2.14. The lowest BCUT2D eigenvalue weighted by atomic mass is 10.1. The Kier molecular flexibility index (Phi) is 3.41. The molecule has 1 aromatic rings. The van der Waals surface area contributed by atoms with Crippen molar-refractivity contribution >= 4 is 5.91 Å². The SMILES string of the molecule is NC(=O)c1c(CCCO)cc[nH]c1=O. The van der Waals surface area contributed by atoms with Crippen LogP contribution >= 0.6 is 0 Å². The summed E-state index contributed by atoms with van der Waals surface area (Å²) in [5, 5.41) is 8.62. The van der Waals surface area contributed by atoms with Crippen LogP contribution in [-0.2, 0) is 6.42 Å². The smallest absolute Gasteiger partial charge is 0.261 e. The second-order valence-corrected chi connectivity index (χ2v) is 2.90. The van der Waals surface area contributed by atoms with E-state index in [2.05, 4.69) is 4.98 Å². The first-order valence-electron chi connectivity index (χ1n) is 4.28. The minimum absolute atomic E-state index is 0.0130. The molecule has 0 atom stereocenters. The number of aromatic amines is 1. The molecule has 0 radical (unpaired) electrons. The number of aliphatic hydroxyl groups excluding tert-OH is 1. The van der Waals surface area contributed by atoms with Crippen LogP contribution in [-0.4, -0.2) is 22.6 Å². The van der Waals surface area contributed by atoms with Crippen LogP contribution < -0.4 is 11.3 Å². The number of carbonyl (C=O) groups excluding carboxylic acids is 1. The molecule has 1 amide bonds. The van der Waals surface area contributed by atoms with Crippen LogP contribution in [0.4, 0.5) is 0 Å². The highest BCUT2D eigenvalue weighted by atomic mass is 16.3. The Bertz CT molecular complexity index is 384. The predicted octanol–water partition coefficient (Wildman–Crippen LogP) is -0.601. The number of pyridine rings is 1. The lowest BCUT2D eigenvalue weighted by Gasteiger charge is -2.03. The Morgan fingerprint density at radius 2 is 2.29 bits per heavy atom. The van der Waals surface area contributed by atoms with E-state index < -0.39 is 11.5 Å². The highest BCUT2D eigenvalue weighted by Crippen LogP contribution is 2.04. The first-order valence-corrected chi connectivity index (χ1v) is 4.28. The summed E-state index contributed by atoms with van der Waals surface area (Å²) < 4.78 is 0. The Hall–Kier alpha value is -1.62. The number of aromatic nitrogens is 1. The van der Waals surface area contributed by atoms with Crippen LogP contribution in [0.5, 0.6) is 0 Å². The molecule has 1 rings (SSSR count). The first kappa shape index (κ1) is 10.5. The van der Waals surface area contributed by atoms with Gasteiger partial charge in [0.1, 0.15) is 5.56 Å². The van der Waals surface area contributed by atoms with E-state index in [1.807, 2.05) is 0 Å². The van der Waals surface area contributed by atoms with Gasteiger partial charge in [0.05, 0.1) is 0 Å². The van der Waals surface area contributed by atoms with Crippen LogP contribution in [0.15, 0.2) is 17.1 Å². The zero-order chi connectivity index (χ0) is 10.6. The molecule has 0 aromatic carbocycles. The van der Waals surface area contributed by atoms with Gasteiger partial charge in [-0.15, -0.1) is 0 Å². The second-order valence-electron chi connectivity index (χ2n) is 2.90. The monoisotopic (exact) mass is 196 g/mol. The van der Waals surface area contributed by atoms with E-state index in [-0.39, 0.29) is 12.2 Å². The number of amides is 1. The highest BCUT2D eigenvalue weighted by molar-refractivity contribution is 5.93. The predicted molar refractivity (Wildman–Crippen MR) is 51.0 cm³/mol. The largest absolute Gasteiger partial charge is 0.396 e. The number of nitrogens with one attached hydrogen (secondary N) is 1. The fourth-order valence-electron chi connectivity index (χ4n) is 1.27. The summed E-state index contributed by atoms with van der Waals surface area (Å²) in [6, 6.07) is 1.62. The molecule has 1 aromatic heterocycles. The molecule has 0 aliphatic carbocycles. The quantitative estimate of drug-likeness (QED) is 0.599. The second kappa shape index (κ2) is 4.57. The molecule has 0 spiro atoms. The van der Waals surface area contributed by atoms with E-state index >= 15 is 0 Å². The van der Waals surface area contributed by atoms with Crippen molar-refractivity contribution in [2.75, 3.05) is 6.61 Å². The number of H-pyrrole nitrogens is 1. The zero-order valence-electron chi connectivity index (χ0n) is 7.62. The van der Waals surface area contributed by atoms with Crippen molar-refractivity contribution in [3.63, 3.8) is 0 Å². The Morgan fingerprint density at radius 1 is 1.57 bits per heavy atom. The summed E-state index contributed by atoms with van der Waals surface area (Å²) in [7, 11) is 0. The number of aryl methyl sites for hydroxylation is 1. The maximum absolute atomic E-state index is 11.2. The average molecular weight is 196 g/mol. The molecule has 0 fully saturated rings. The number of nitrogens with two attached hydrogens (primary N) is 1. The van der Waals surface area contributed by atoms with Crippen LogP contribution in [0.2, 0.25) is 0 Å². The van der Waals surface area contributed by atoms with Gasteiger partial charge >= 0.3 is 0 Å². The van der Waals surface area contributed by atoms with Crippen molar-refractivity contribution < 1.29 is 9.90 Å². The van der Waals surface area contributed by atoms with Crippen molar-refractivity contribution in [1.82, 2.24) is 4.98 Å². The fraction of sp³-hybridized carbons (Fsp3) is 0.333. The lowest BCUT2D eigenvalue weighted by molar-refractivity contribution is 0.0997. The summed E-state index contributed by atoms with van der Waals surface area (Å²) in [4.78, 5) is 24.6. The van der Waals surface area contributed by atoms with E-state index in [9.17, 15) is 9.59 Å². The van der Waals surface area contributed by atoms with Gasteiger partial charge in [-0.2, -0.15) is 0 Å². The van der Waals surface area contributed by atoms with E-state index in [1.54, 1.807) is 6.07 Å². The van der Waals surface area contributed by atoms with Gasteiger partial charge in [0.25, 0.3) is 11.5 Å². The number of rotatable bonds is 4. The van der Waals surface area contributed by atoms with Crippen molar-refractivity contribution in [3.05, 3.63) is 33.7 Å². The van der Waals surface area contributed by atoms with Crippen LogP contribution in [0, 0.1) is 0 Å². The third kappa shape index (κ3) is 2.20. The third-order valence-corrected chi connectivity index (χ3v) is 1.90. The molecule has 0 unspecified atom stereocenters. The molecule has 14 heavy (non-hydrogen) atoms. The molecule has 1 heterocycles. The number of hydrogen-bond acceptors (Lipinski definition) is 3. The maximum Gasteiger partial charge on any atom is 0.261 e. The Balaban J connectivity index is 3.08. The van der Waals surface area contributed by atoms with Gasteiger partial charge in [0.2, 0.25) is 0 Å². The number of aliphatic hydroxyl groups is 1. The molecular weight excluding hydrogens is 184 g/mol. The molecule has 0 saturated carbocycles. The summed E-state index contributed by atoms with van der Waals surface area (Å²) in [5.41, 5.74) is 5.15. The summed E-state index contributed by atoms with van der Waals surface area (Å²) >= 11 is 0. The van der Waals surface area contributed by atoms with Gasteiger partial charge in [-0.3, -0.25) is 9.59 Å². The van der Waals surface area contributed by atoms with Crippen LogP contribution in [0.1, 0.15) is 22.3 Å². The summed E-state index contributed by atoms with van der Waals surface area (Å²) in [6.07, 6.45) is 2.43. The number of hydrogen-bond donors (Lipinski definition) is 3. The molecule has 5 nitrogen and oxygen atoms in total. The van der Waals surface area contributed by atoms with Gasteiger partial charge in [-0.25, -0.2) is 0 Å². The molecule has 4 N–H and O–H groups in total. The minimum atomic E-state index is -0.736. The molecule has 0 saturated heterocycles. The molecule has 0 aliphatic heterocycles. The Labute approximate surface area is 80.6 Å². The number of carbonyl (C=O) groups is 1. The molecule has 5 heteroatoms.